The first-order valence-electron chi connectivity index (χ1n) is 3.66. The van der Waals surface area contributed by atoms with Crippen molar-refractivity contribution >= 4 is 11.1 Å². The monoisotopic (exact) mass is 172 g/mol. The van der Waals surface area contributed by atoms with Crippen molar-refractivity contribution in [3.05, 3.63) is 0 Å². The van der Waals surface area contributed by atoms with Gasteiger partial charge in [0.15, 0.2) is 11.1 Å². The Morgan fingerprint density at radius 2 is 2.27 bits per heavy atom. The first kappa shape index (κ1) is 8.76. The zero-order valence-corrected chi connectivity index (χ0v) is 7.56. The maximum Gasteiger partial charge on any atom is 0.156 e. The van der Waals surface area contributed by atoms with Gasteiger partial charge < -0.3 is 0 Å². The van der Waals surface area contributed by atoms with Crippen molar-refractivity contribution in [3.63, 3.8) is 0 Å². The third-order valence-electron chi connectivity index (χ3n) is 2.15. The van der Waals surface area contributed by atoms with Gasteiger partial charge in [0.2, 0.25) is 0 Å². The van der Waals surface area contributed by atoms with E-state index in [0.29, 0.717) is 17.6 Å². The Morgan fingerprint density at radius 3 is 2.82 bits per heavy atom. The third kappa shape index (κ3) is 1.82. The fraction of sp³-hybridized carbons (Fsp3) is 0.750. The molecule has 3 heteroatoms. The molecule has 0 radical (unpaired) electrons. The van der Waals surface area contributed by atoms with Crippen molar-refractivity contribution in [3.8, 4) is 12.3 Å². The Hall–Kier alpha value is -0.330. The fourth-order valence-electron chi connectivity index (χ4n) is 1.09. The first-order valence-corrected chi connectivity index (χ1v) is 4.91. The maximum atomic E-state index is 11.0. The van der Waals surface area contributed by atoms with Crippen LogP contribution in [0.1, 0.15) is 13.8 Å². The van der Waals surface area contributed by atoms with E-state index in [1.165, 1.54) is 0 Å². The van der Waals surface area contributed by atoms with E-state index in [1.807, 2.05) is 6.92 Å². The lowest BCUT2D eigenvalue weighted by Crippen LogP contribution is -2.35. The topological polar surface area (TPSA) is 26.3 Å². The van der Waals surface area contributed by atoms with Crippen LogP contribution >= 0.6 is 0 Å². The highest BCUT2D eigenvalue weighted by Crippen LogP contribution is 2.24. The lowest BCUT2D eigenvalue weighted by atomic mass is 9.92. The van der Waals surface area contributed by atoms with Crippen molar-refractivity contribution in [1.29, 1.82) is 0 Å². The molecule has 0 N–H and O–H groups in total. The van der Waals surface area contributed by atoms with Crippen LogP contribution in [-0.4, -0.2) is 16.1 Å². The largest absolute Gasteiger partial charge is 0.274 e. The van der Waals surface area contributed by atoms with Gasteiger partial charge in [-0.1, -0.05) is 19.8 Å². The Balaban J connectivity index is 2.68. The highest BCUT2D eigenvalue weighted by Gasteiger charge is 2.30. The van der Waals surface area contributed by atoms with Crippen molar-refractivity contribution in [2.24, 2.45) is 11.8 Å². The van der Waals surface area contributed by atoms with Gasteiger partial charge in [-0.3, -0.25) is 4.18 Å². The second-order valence-electron chi connectivity index (χ2n) is 2.99. The van der Waals surface area contributed by atoms with E-state index >= 15 is 0 Å². The molecule has 1 heterocycles. The fourth-order valence-corrected chi connectivity index (χ4v) is 2.36. The second kappa shape index (κ2) is 3.38. The summed E-state index contributed by atoms with van der Waals surface area (Å²) in [6.45, 7) is 4.08. The predicted octanol–water partition coefficient (Wildman–Crippen LogP) is 0.954. The molecule has 1 saturated heterocycles. The zero-order valence-electron chi connectivity index (χ0n) is 6.74. The zero-order chi connectivity index (χ0) is 8.43. The molecule has 0 aliphatic carbocycles. The minimum absolute atomic E-state index is 0.264. The van der Waals surface area contributed by atoms with Gasteiger partial charge in [0.1, 0.15) is 6.10 Å². The molecule has 0 aromatic carbocycles. The quantitative estimate of drug-likeness (QED) is 0.509. The minimum Gasteiger partial charge on any atom is -0.274 e. The van der Waals surface area contributed by atoms with Crippen LogP contribution < -0.4 is 0 Å². The van der Waals surface area contributed by atoms with Crippen LogP contribution in [0.5, 0.6) is 0 Å². The molecular formula is C8H12O2S. The van der Waals surface area contributed by atoms with Crippen molar-refractivity contribution in [1.82, 2.24) is 0 Å². The predicted molar refractivity (Wildman–Crippen MR) is 45.0 cm³/mol. The van der Waals surface area contributed by atoms with Crippen molar-refractivity contribution < 1.29 is 8.39 Å². The van der Waals surface area contributed by atoms with Crippen LogP contribution in [0.2, 0.25) is 0 Å². The van der Waals surface area contributed by atoms with Gasteiger partial charge in [0.25, 0.3) is 0 Å². The first-order chi connectivity index (χ1) is 5.15. The standard InChI is InChI=1S/C8H12O2S/c1-4-8-7(3)6(2)5-11(9)10-8/h1,6-8H,5H2,2-3H3. The lowest BCUT2D eigenvalue weighted by Gasteiger charge is -2.29. The highest BCUT2D eigenvalue weighted by atomic mass is 32.2. The van der Waals surface area contributed by atoms with Crippen LogP contribution in [0.4, 0.5) is 0 Å². The van der Waals surface area contributed by atoms with Gasteiger partial charge in [-0.05, 0) is 11.8 Å². The molecule has 0 aromatic heterocycles. The van der Waals surface area contributed by atoms with Gasteiger partial charge in [-0.2, -0.15) is 0 Å². The molecule has 0 bridgehead atoms. The molecule has 0 aromatic rings. The van der Waals surface area contributed by atoms with E-state index in [4.69, 9.17) is 10.6 Å². The number of hydrogen-bond acceptors (Lipinski definition) is 2. The number of rotatable bonds is 0. The summed E-state index contributed by atoms with van der Waals surface area (Å²) >= 11 is -1.16. The average Bonchev–Trinajstić information content (AvgIpc) is 1.96. The van der Waals surface area contributed by atoms with Crippen molar-refractivity contribution in [2.45, 2.75) is 20.0 Å². The van der Waals surface area contributed by atoms with Crippen LogP contribution in [0.15, 0.2) is 0 Å². The lowest BCUT2D eigenvalue weighted by molar-refractivity contribution is 0.160. The Morgan fingerprint density at radius 1 is 1.64 bits per heavy atom. The minimum atomic E-state index is -1.16. The van der Waals surface area contributed by atoms with E-state index in [2.05, 4.69) is 12.8 Å². The Kier molecular flexibility index (Phi) is 2.69. The molecule has 0 saturated carbocycles. The molecule has 1 fully saturated rings. The van der Waals surface area contributed by atoms with Gasteiger partial charge in [0.05, 0.1) is 5.75 Å². The molecule has 2 nitrogen and oxygen atoms in total. The Bertz CT molecular complexity index is 207. The molecule has 1 aliphatic heterocycles. The summed E-state index contributed by atoms with van der Waals surface area (Å²) in [6.07, 6.45) is 4.94. The van der Waals surface area contributed by atoms with Crippen LogP contribution in [-0.2, 0) is 15.3 Å². The molecule has 4 unspecified atom stereocenters. The van der Waals surface area contributed by atoms with E-state index in [0.717, 1.165) is 0 Å². The van der Waals surface area contributed by atoms with E-state index in [9.17, 15) is 4.21 Å². The summed E-state index contributed by atoms with van der Waals surface area (Å²) < 4.78 is 16.0. The molecule has 1 aliphatic rings. The second-order valence-corrected chi connectivity index (χ2v) is 4.12. The Labute approximate surface area is 70.0 Å². The van der Waals surface area contributed by atoms with Crippen LogP contribution in [0, 0.1) is 24.2 Å². The van der Waals surface area contributed by atoms with Crippen LogP contribution in [0.25, 0.3) is 0 Å². The smallest absolute Gasteiger partial charge is 0.156 e. The third-order valence-corrected chi connectivity index (χ3v) is 3.37. The molecule has 0 spiro atoms. The summed E-state index contributed by atoms with van der Waals surface area (Å²) in [7, 11) is 0. The van der Waals surface area contributed by atoms with Gasteiger partial charge in [-0.25, -0.2) is 4.21 Å². The van der Waals surface area contributed by atoms with E-state index in [-0.39, 0.29) is 6.10 Å². The SMILES string of the molecule is C#CC1OS(=O)CC(C)C1C. The normalized spacial score (nSPS) is 44.8. The summed E-state index contributed by atoms with van der Waals surface area (Å²) in [4.78, 5) is 0. The van der Waals surface area contributed by atoms with E-state index < -0.39 is 11.1 Å². The molecule has 11 heavy (non-hydrogen) atoms. The van der Waals surface area contributed by atoms with Gasteiger partial charge in [-0.15, -0.1) is 6.42 Å². The van der Waals surface area contributed by atoms with Crippen LogP contribution in [0.3, 0.4) is 0 Å². The highest BCUT2D eigenvalue weighted by molar-refractivity contribution is 7.80. The maximum absolute atomic E-state index is 11.0. The molecule has 62 valence electrons. The summed E-state index contributed by atoms with van der Waals surface area (Å²) in [6, 6.07) is 0. The molecule has 1 rings (SSSR count). The van der Waals surface area contributed by atoms with Gasteiger partial charge in [0, 0.05) is 0 Å². The number of hydrogen-bond donors (Lipinski definition) is 0. The number of terminal acetylenes is 1. The average molecular weight is 172 g/mol. The van der Waals surface area contributed by atoms with Crippen molar-refractivity contribution in [2.75, 3.05) is 5.75 Å². The van der Waals surface area contributed by atoms with E-state index in [1.54, 1.807) is 0 Å². The molecule has 0 amide bonds. The summed E-state index contributed by atoms with van der Waals surface area (Å²) in [5.74, 6) is 3.82. The van der Waals surface area contributed by atoms with Gasteiger partial charge >= 0.3 is 0 Å². The summed E-state index contributed by atoms with van der Waals surface area (Å²) in [5, 5.41) is 0. The molecular weight excluding hydrogens is 160 g/mol. The summed E-state index contributed by atoms with van der Waals surface area (Å²) in [5.41, 5.74) is 0. The molecule has 4 atom stereocenters.